The van der Waals surface area contributed by atoms with Crippen molar-refractivity contribution < 1.29 is 19.1 Å². The first-order valence-corrected chi connectivity index (χ1v) is 9.47. The zero-order valence-electron chi connectivity index (χ0n) is 17.0. The quantitative estimate of drug-likeness (QED) is 0.459. The molecule has 0 aliphatic rings. The van der Waals surface area contributed by atoms with Crippen molar-refractivity contribution in [2.24, 2.45) is 0 Å². The number of hydrogen-bond acceptors (Lipinski definition) is 6. The van der Waals surface area contributed by atoms with Gasteiger partial charge in [0.15, 0.2) is 0 Å². The van der Waals surface area contributed by atoms with Crippen molar-refractivity contribution in [1.29, 1.82) is 0 Å². The van der Waals surface area contributed by atoms with Gasteiger partial charge in [-0.05, 0) is 43.3 Å². The second kappa shape index (κ2) is 9.57. The first-order chi connectivity index (χ1) is 14.9. The average Bonchev–Trinajstić information content (AvgIpc) is 2.78. The molecule has 0 saturated carbocycles. The summed E-state index contributed by atoms with van der Waals surface area (Å²) in [6, 6.07) is 13.0. The second-order valence-corrected chi connectivity index (χ2v) is 6.42. The first kappa shape index (κ1) is 21.6. The maximum atomic E-state index is 12.6. The molecule has 1 heterocycles. The third-order valence-electron chi connectivity index (χ3n) is 4.39. The Morgan fingerprint density at radius 2 is 1.68 bits per heavy atom. The Morgan fingerprint density at radius 3 is 2.35 bits per heavy atom. The zero-order valence-corrected chi connectivity index (χ0v) is 17.0. The van der Waals surface area contributed by atoms with Gasteiger partial charge in [-0.15, -0.1) is 0 Å². The fourth-order valence-corrected chi connectivity index (χ4v) is 2.92. The molecule has 0 bridgehead atoms. The number of carbonyl (C=O) groups excluding carboxylic acids is 2. The van der Waals surface area contributed by atoms with Crippen LogP contribution in [0.2, 0.25) is 0 Å². The summed E-state index contributed by atoms with van der Waals surface area (Å²) in [5.41, 5.74) is -0.430. The predicted molar refractivity (Wildman–Crippen MR) is 114 cm³/mol. The van der Waals surface area contributed by atoms with Gasteiger partial charge in [0.1, 0.15) is 12.3 Å². The number of benzene rings is 2. The molecule has 0 unspecified atom stereocenters. The Kier molecular flexibility index (Phi) is 6.66. The van der Waals surface area contributed by atoms with Gasteiger partial charge in [0, 0.05) is 18.1 Å². The summed E-state index contributed by atoms with van der Waals surface area (Å²) in [7, 11) is 1.28. The van der Waals surface area contributed by atoms with Crippen LogP contribution in [0.15, 0.2) is 70.5 Å². The summed E-state index contributed by atoms with van der Waals surface area (Å²) in [4.78, 5) is 48.9. The van der Waals surface area contributed by atoms with Crippen LogP contribution in [0, 0.1) is 0 Å². The minimum Gasteiger partial charge on any atom is -0.492 e. The number of anilines is 1. The van der Waals surface area contributed by atoms with Crippen molar-refractivity contribution in [2.45, 2.75) is 13.5 Å². The predicted octanol–water partition coefficient (Wildman–Crippen LogP) is 1.82. The highest BCUT2D eigenvalue weighted by Gasteiger charge is 2.13. The third-order valence-corrected chi connectivity index (χ3v) is 4.39. The van der Waals surface area contributed by atoms with E-state index in [0.717, 1.165) is 4.57 Å². The summed E-state index contributed by atoms with van der Waals surface area (Å²) >= 11 is 0. The molecule has 0 spiro atoms. The molecule has 0 fully saturated rings. The van der Waals surface area contributed by atoms with Gasteiger partial charge in [0.2, 0.25) is 5.91 Å². The van der Waals surface area contributed by atoms with E-state index in [9.17, 15) is 19.2 Å². The van der Waals surface area contributed by atoms with E-state index in [4.69, 9.17) is 4.74 Å². The number of ether oxygens (including phenoxy) is 2. The Balaban J connectivity index is 1.78. The lowest BCUT2D eigenvalue weighted by atomic mass is 10.2. The van der Waals surface area contributed by atoms with Crippen molar-refractivity contribution in [2.75, 3.05) is 19.0 Å². The van der Waals surface area contributed by atoms with Crippen LogP contribution in [0.5, 0.6) is 5.75 Å². The number of amides is 1. The van der Waals surface area contributed by atoms with Crippen LogP contribution in [0.1, 0.15) is 17.3 Å². The largest absolute Gasteiger partial charge is 0.492 e. The van der Waals surface area contributed by atoms with Crippen molar-refractivity contribution in [3.8, 4) is 11.4 Å². The zero-order chi connectivity index (χ0) is 22.4. The molecule has 0 aliphatic carbocycles. The van der Waals surface area contributed by atoms with Gasteiger partial charge in [-0.2, -0.15) is 0 Å². The van der Waals surface area contributed by atoms with Gasteiger partial charge in [-0.3, -0.25) is 23.5 Å². The molecule has 0 atom stereocenters. The Morgan fingerprint density at radius 1 is 0.968 bits per heavy atom. The van der Waals surface area contributed by atoms with Crippen LogP contribution in [0.3, 0.4) is 0 Å². The van der Waals surface area contributed by atoms with E-state index in [1.165, 1.54) is 48.3 Å². The van der Waals surface area contributed by atoms with Crippen LogP contribution in [0.25, 0.3) is 5.69 Å². The van der Waals surface area contributed by atoms with E-state index in [2.05, 4.69) is 10.1 Å². The normalized spacial score (nSPS) is 10.4. The molecular formula is C22H21N3O6. The second-order valence-electron chi connectivity index (χ2n) is 6.42. The molecule has 31 heavy (non-hydrogen) atoms. The highest BCUT2D eigenvalue weighted by atomic mass is 16.5. The number of methoxy groups -OCH3 is 1. The van der Waals surface area contributed by atoms with Crippen LogP contribution in [-0.4, -0.2) is 34.7 Å². The average molecular weight is 423 g/mol. The molecule has 0 radical (unpaired) electrons. The number of rotatable bonds is 7. The molecule has 0 aliphatic heterocycles. The third kappa shape index (κ3) is 4.89. The Hall–Kier alpha value is -4.14. The van der Waals surface area contributed by atoms with Gasteiger partial charge < -0.3 is 14.8 Å². The molecule has 9 nitrogen and oxygen atoms in total. The molecular weight excluding hydrogens is 402 g/mol. The summed E-state index contributed by atoms with van der Waals surface area (Å²) in [6.07, 6.45) is 2.78. The molecule has 2 aromatic carbocycles. The number of esters is 1. The highest BCUT2D eigenvalue weighted by molar-refractivity contribution is 5.92. The number of nitrogens with zero attached hydrogens (tertiary/aromatic N) is 2. The SMILES string of the molecule is CCOc1ccccc1-n1ccn(CC(=O)Nc2ccc(C(=O)OC)cc2)c(=O)c1=O. The summed E-state index contributed by atoms with van der Waals surface area (Å²) in [5.74, 6) is -0.520. The summed E-state index contributed by atoms with van der Waals surface area (Å²) < 4.78 is 12.4. The lowest BCUT2D eigenvalue weighted by molar-refractivity contribution is -0.116. The molecule has 3 aromatic rings. The van der Waals surface area contributed by atoms with E-state index >= 15 is 0 Å². The monoisotopic (exact) mass is 423 g/mol. The van der Waals surface area contributed by atoms with Crippen LogP contribution in [0.4, 0.5) is 5.69 Å². The van der Waals surface area contributed by atoms with Crippen LogP contribution < -0.4 is 21.2 Å². The summed E-state index contributed by atoms with van der Waals surface area (Å²) in [5, 5.41) is 2.61. The number of carbonyl (C=O) groups is 2. The Bertz CT molecular complexity index is 1210. The number of aromatic nitrogens is 2. The van der Waals surface area contributed by atoms with Gasteiger partial charge in [0.25, 0.3) is 0 Å². The van der Waals surface area contributed by atoms with E-state index < -0.39 is 23.0 Å². The number of hydrogen-bond donors (Lipinski definition) is 1. The fraction of sp³-hybridized carbons (Fsp3) is 0.182. The standard InChI is InChI=1S/C22H21N3O6/c1-3-31-18-7-5-4-6-17(18)25-13-12-24(20(27)21(25)28)14-19(26)23-16-10-8-15(9-11-16)22(29)30-2/h4-13H,3,14H2,1-2H3,(H,23,26). The lowest BCUT2D eigenvalue weighted by Gasteiger charge is -2.13. The van der Waals surface area contributed by atoms with Crippen molar-refractivity contribution >= 4 is 17.6 Å². The minimum absolute atomic E-state index is 0.340. The van der Waals surface area contributed by atoms with Crippen LogP contribution >= 0.6 is 0 Å². The molecule has 1 aromatic heterocycles. The van der Waals surface area contributed by atoms with E-state index in [1.54, 1.807) is 24.3 Å². The minimum atomic E-state index is -0.843. The van der Waals surface area contributed by atoms with Crippen molar-refractivity contribution in [3.63, 3.8) is 0 Å². The summed E-state index contributed by atoms with van der Waals surface area (Å²) in [6.45, 7) is 1.88. The topological polar surface area (TPSA) is 109 Å². The molecule has 1 N–H and O–H groups in total. The van der Waals surface area contributed by atoms with Crippen LogP contribution in [-0.2, 0) is 16.1 Å². The smallest absolute Gasteiger partial charge is 0.337 e. The number of para-hydroxylation sites is 2. The van der Waals surface area contributed by atoms with Gasteiger partial charge in [0.05, 0.1) is 25.0 Å². The molecule has 160 valence electrons. The maximum Gasteiger partial charge on any atom is 0.337 e. The molecule has 1 amide bonds. The molecule has 0 saturated heterocycles. The lowest BCUT2D eigenvalue weighted by Crippen LogP contribution is -2.41. The van der Waals surface area contributed by atoms with E-state index in [-0.39, 0.29) is 6.54 Å². The maximum absolute atomic E-state index is 12.6. The van der Waals surface area contributed by atoms with Gasteiger partial charge in [-0.1, -0.05) is 12.1 Å². The van der Waals surface area contributed by atoms with E-state index in [1.807, 2.05) is 6.92 Å². The van der Waals surface area contributed by atoms with E-state index in [0.29, 0.717) is 29.3 Å². The van der Waals surface area contributed by atoms with Gasteiger partial charge in [-0.25, -0.2) is 4.79 Å². The molecule has 3 rings (SSSR count). The highest BCUT2D eigenvalue weighted by Crippen LogP contribution is 2.20. The van der Waals surface area contributed by atoms with Crippen molar-refractivity contribution in [3.05, 3.63) is 87.2 Å². The Labute approximate surface area is 177 Å². The molecule has 9 heteroatoms. The number of nitrogens with one attached hydrogen (secondary N) is 1. The first-order valence-electron chi connectivity index (χ1n) is 9.47. The van der Waals surface area contributed by atoms with Gasteiger partial charge >= 0.3 is 17.1 Å². The fourth-order valence-electron chi connectivity index (χ4n) is 2.92. The van der Waals surface area contributed by atoms with Crippen molar-refractivity contribution in [1.82, 2.24) is 9.13 Å².